The van der Waals surface area contributed by atoms with Crippen LogP contribution in [0.15, 0.2) is 24.4 Å². The summed E-state index contributed by atoms with van der Waals surface area (Å²) < 4.78 is 5.54. The normalized spacial score (nSPS) is 18.6. The number of fused-ring (bicyclic) bond motifs is 1. The van der Waals surface area contributed by atoms with Crippen LogP contribution in [-0.4, -0.2) is 34.2 Å². The van der Waals surface area contributed by atoms with Gasteiger partial charge in [0.25, 0.3) is 0 Å². The van der Waals surface area contributed by atoms with E-state index in [-0.39, 0.29) is 12.1 Å². The molecule has 0 saturated carbocycles. The maximum atomic E-state index is 12.5. The first-order valence-electron chi connectivity index (χ1n) is 8.00. The Morgan fingerprint density at radius 3 is 2.88 bits per heavy atom. The van der Waals surface area contributed by atoms with Gasteiger partial charge in [0.2, 0.25) is 0 Å². The summed E-state index contributed by atoms with van der Waals surface area (Å²) in [6, 6.07) is 3.82. The number of halogens is 1. The molecule has 128 valence electrons. The lowest BCUT2D eigenvalue weighted by Gasteiger charge is -2.35. The monoisotopic (exact) mass is 364 g/mol. The molecule has 1 amide bonds. The molecule has 2 aromatic heterocycles. The first kappa shape index (κ1) is 17.2. The van der Waals surface area contributed by atoms with E-state index in [1.165, 1.54) is 0 Å². The van der Waals surface area contributed by atoms with Gasteiger partial charge in [-0.05, 0) is 51.8 Å². The van der Waals surface area contributed by atoms with Crippen LogP contribution in [0.25, 0.3) is 15.8 Å². The van der Waals surface area contributed by atoms with Crippen LogP contribution in [0.2, 0.25) is 5.02 Å². The molecule has 6 heteroatoms. The van der Waals surface area contributed by atoms with E-state index in [9.17, 15) is 4.79 Å². The summed E-state index contributed by atoms with van der Waals surface area (Å²) in [4.78, 5) is 20.7. The third kappa shape index (κ3) is 3.42. The van der Waals surface area contributed by atoms with Gasteiger partial charge in [0.15, 0.2) is 0 Å². The van der Waals surface area contributed by atoms with Gasteiger partial charge in [0, 0.05) is 23.0 Å². The van der Waals surface area contributed by atoms with Gasteiger partial charge in [-0.25, -0.2) is 9.78 Å². The number of hydrogen-bond donors (Lipinski definition) is 0. The van der Waals surface area contributed by atoms with E-state index in [2.05, 4.69) is 17.1 Å². The molecule has 2 aromatic rings. The number of carbonyl (C=O) groups is 1. The summed E-state index contributed by atoms with van der Waals surface area (Å²) in [7, 11) is 0. The van der Waals surface area contributed by atoms with Gasteiger partial charge in [-0.3, -0.25) is 0 Å². The Bertz CT molecular complexity index is 807. The Morgan fingerprint density at radius 1 is 1.46 bits per heavy atom. The first-order chi connectivity index (χ1) is 11.3. The largest absolute Gasteiger partial charge is 0.444 e. The minimum atomic E-state index is -0.493. The Morgan fingerprint density at radius 2 is 2.21 bits per heavy atom. The number of carbonyl (C=O) groups excluding carboxylic acids is 1. The second-order valence-electron chi connectivity index (χ2n) is 6.92. The van der Waals surface area contributed by atoms with Crippen LogP contribution in [0.1, 0.15) is 39.0 Å². The second kappa shape index (κ2) is 6.37. The zero-order valence-electron chi connectivity index (χ0n) is 14.3. The van der Waals surface area contributed by atoms with E-state index in [0.717, 1.165) is 27.1 Å². The van der Waals surface area contributed by atoms with Gasteiger partial charge in [0.1, 0.15) is 10.4 Å². The van der Waals surface area contributed by atoms with Crippen molar-refractivity contribution < 1.29 is 9.53 Å². The lowest BCUT2D eigenvalue weighted by molar-refractivity contribution is 0.0214. The number of hydrogen-bond acceptors (Lipinski definition) is 4. The summed E-state index contributed by atoms with van der Waals surface area (Å²) in [6.07, 6.45) is 4.47. The molecule has 1 aliphatic heterocycles. The molecule has 0 N–H and O–H groups in total. The van der Waals surface area contributed by atoms with Gasteiger partial charge < -0.3 is 9.64 Å². The number of thiophene rings is 1. The van der Waals surface area contributed by atoms with Crippen molar-refractivity contribution in [1.29, 1.82) is 0 Å². The molecule has 3 rings (SSSR count). The average Bonchev–Trinajstić information content (AvgIpc) is 2.91. The molecule has 3 heterocycles. The molecule has 1 atom stereocenters. The fraction of sp³-hybridized carbons (Fsp3) is 0.444. The van der Waals surface area contributed by atoms with Crippen LogP contribution < -0.4 is 0 Å². The topological polar surface area (TPSA) is 42.4 Å². The highest BCUT2D eigenvalue weighted by Gasteiger charge is 2.31. The van der Waals surface area contributed by atoms with Crippen LogP contribution >= 0.6 is 22.9 Å². The van der Waals surface area contributed by atoms with Crippen molar-refractivity contribution in [3.05, 3.63) is 34.3 Å². The van der Waals surface area contributed by atoms with Crippen LogP contribution in [-0.2, 0) is 4.74 Å². The van der Waals surface area contributed by atoms with Crippen molar-refractivity contribution in [2.75, 3.05) is 6.54 Å². The van der Waals surface area contributed by atoms with E-state index >= 15 is 0 Å². The fourth-order valence-electron chi connectivity index (χ4n) is 2.82. The molecule has 0 fully saturated rings. The van der Waals surface area contributed by atoms with Gasteiger partial charge in [0.05, 0.1) is 11.1 Å². The average molecular weight is 365 g/mol. The Kier molecular flexibility index (Phi) is 4.58. The zero-order chi connectivity index (χ0) is 17.5. The number of nitrogens with zero attached hydrogens (tertiary/aromatic N) is 2. The van der Waals surface area contributed by atoms with Gasteiger partial charge in [-0.2, -0.15) is 0 Å². The summed E-state index contributed by atoms with van der Waals surface area (Å²) >= 11 is 7.87. The number of amides is 1. The Balaban J connectivity index is 1.89. The molecule has 1 unspecified atom stereocenters. The minimum absolute atomic E-state index is 0.0413. The van der Waals surface area contributed by atoms with E-state index in [1.807, 2.05) is 27.7 Å². The standard InChI is InChI=1S/C18H21ClN2O2S/c1-11-12(6-5-9-21(11)17(22)23-18(2,3)4)15-10-13-14(19)7-8-20-16(13)24-15/h6-8,10-11H,5,9H2,1-4H3. The predicted molar refractivity (Wildman–Crippen MR) is 99.6 cm³/mol. The second-order valence-corrected chi connectivity index (χ2v) is 8.36. The van der Waals surface area contributed by atoms with Gasteiger partial charge in [-0.15, -0.1) is 11.3 Å². The van der Waals surface area contributed by atoms with Crippen LogP contribution in [0.5, 0.6) is 0 Å². The van der Waals surface area contributed by atoms with E-state index in [0.29, 0.717) is 11.6 Å². The maximum Gasteiger partial charge on any atom is 0.410 e. The summed E-state index contributed by atoms with van der Waals surface area (Å²) in [5.41, 5.74) is 0.638. The van der Waals surface area contributed by atoms with Crippen LogP contribution in [0.4, 0.5) is 4.79 Å². The molecule has 0 saturated heterocycles. The van der Waals surface area contributed by atoms with Crippen molar-refractivity contribution in [3.63, 3.8) is 0 Å². The highest BCUT2D eigenvalue weighted by molar-refractivity contribution is 7.19. The fourth-order valence-corrected chi connectivity index (χ4v) is 4.22. The molecule has 0 radical (unpaired) electrons. The SMILES string of the molecule is CC1C(c2cc3c(Cl)ccnc3s2)=CCCN1C(=O)OC(C)(C)C. The van der Waals surface area contributed by atoms with Crippen LogP contribution in [0.3, 0.4) is 0 Å². The predicted octanol–water partition coefficient (Wildman–Crippen LogP) is 5.36. The van der Waals surface area contributed by atoms with E-state index in [1.54, 1.807) is 28.5 Å². The van der Waals surface area contributed by atoms with Crippen molar-refractivity contribution in [1.82, 2.24) is 9.88 Å². The molecule has 0 aliphatic carbocycles. The quantitative estimate of drug-likeness (QED) is 0.683. The maximum absolute atomic E-state index is 12.5. The summed E-state index contributed by atoms with van der Waals surface area (Å²) in [5, 5.41) is 1.66. The highest BCUT2D eigenvalue weighted by Crippen LogP contribution is 2.37. The summed E-state index contributed by atoms with van der Waals surface area (Å²) in [5.74, 6) is 0. The third-order valence-corrected chi connectivity index (χ3v) is 5.37. The molecule has 4 nitrogen and oxygen atoms in total. The number of rotatable bonds is 1. The van der Waals surface area contributed by atoms with Crippen molar-refractivity contribution in [2.24, 2.45) is 0 Å². The molecule has 0 bridgehead atoms. The highest BCUT2D eigenvalue weighted by atomic mass is 35.5. The lowest BCUT2D eigenvalue weighted by atomic mass is 10.00. The smallest absolute Gasteiger partial charge is 0.410 e. The van der Waals surface area contributed by atoms with Gasteiger partial charge >= 0.3 is 6.09 Å². The number of ether oxygens (including phenoxy) is 1. The van der Waals surface area contributed by atoms with E-state index in [4.69, 9.17) is 16.3 Å². The minimum Gasteiger partial charge on any atom is -0.444 e. The number of pyridine rings is 1. The molecule has 24 heavy (non-hydrogen) atoms. The number of aromatic nitrogens is 1. The Hall–Kier alpha value is -1.59. The van der Waals surface area contributed by atoms with Crippen LogP contribution in [0, 0.1) is 0 Å². The molecule has 0 spiro atoms. The summed E-state index contributed by atoms with van der Waals surface area (Å²) in [6.45, 7) is 8.36. The van der Waals surface area contributed by atoms with Crippen molar-refractivity contribution in [3.8, 4) is 0 Å². The third-order valence-electron chi connectivity index (χ3n) is 3.95. The molecule has 0 aromatic carbocycles. The first-order valence-corrected chi connectivity index (χ1v) is 9.20. The van der Waals surface area contributed by atoms with Crippen molar-refractivity contribution in [2.45, 2.75) is 45.8 Å². The van der Waals surface area contributed by atoms with Crippen molar-refractivity contribution >= 4 is 44.8 Å². The molecular weight excluding hydrogens is 344 g/mol. The lowest BCUT2D eigenvalue weighted by Crippen LogP contribution is -2.44. The molecular formula is C18H21ClN2O2S. The van der Waals surface area contributed by atoms with Gasteiger partial charge in [-0.1, -0.05) is 17.7 Å². The zero-order valence-corrected chi connectivity index (χ0v) is 15.9. The Labute approximate surface area is 151 Å². The van der Waals surface area contributed by atoms with E-state index < -0.39 is 5.60 Å². The molecule has 1 aliphatic rings.